The molecule has 0 saturated heterocycles. The average molecular weight is 510 g/mol. The van der Waals surface area contributed by atoms with Gasteiger partial charge in [-0.3, -0.25) is 19.5 Å². The normalized spacial score (nSPS) is 11.8. The van der Waals surface area contributed by atoms with Gasteiger partial charge in [-0.25, -0.2) is 0 Å². The fourth-order valence-electron chi connectivity index (χ4n) is 4.11. The van der Waals surface area contributed by atoms with Crippen molar-refractivity contribution in [3.05, 3.63) is 124 Å². The number of hydrogen-bond acceptors (Lipinski definition) is 6. The van der Waals surface area contributed by atoms with Crippen LogP contribution in [0.1, 0.15) is 34.7 Å². The van der Waals surface area contributed by atoms with Gasteiger partial charge >= 0.3 is 0 Å². The summed E-state index contributed by atoms with van der Waals surface area (Å²) < 4.78 is 1.84. The van der Waals surface area contributed by atoms with Gasteiger partial charge in [0.05, 0.1) is 11.0 Å². The summed E-state index contributed by atoms with van der Waals surface area (Å²) in [4.78, 5) is 24.0. The predicted octanol–water partition coefficient (Wildman–Crippen LogP) is 6.11. The number of benzene rings is 4. The third kappa shape index (κ3) is 5.22. The molecule has 1 N–H and O–H groups in total. The molecule has 0 bridgehead atoms. The first-order chi connectivity index (χ1) is 18.0. The van der Waals surface area contributed by atoms with Crippen molar-refractivity contribution in [3.8, 4) is 5.69 Å². The molecule has 0 saturated carbocycles. The fraction of sp³-hybridized carbons (Fsp3) is 0.107. The molecule has 37 heavy (non-hydrogen) atoms. The average Bonchev–Trinajstić information content (AvgIpc) is 3.36. The van der Waals surface area contributed by atoms with Gasteiger partial charge in [0.2, 0.25) is 0 Å². The molecule has 0 aliphatic carbocycles. The van der Waals surface area contributed by atoms with E-state index in [1.807, 2.05) is 78.2 Å². The highest BCUT2D eigenvalue weighted by molar-refractivity contribution is 7.98. The molecular formula is C28H23N5O3S. The van der Waals surface area contributed by atoms with Crippen molar-refractivity contribution in [2.75, 3.05) is 0 Å². The number of fused-ring (bicyclic) bond motifs is 1. The molecule has 9 heteroatoms. The van der Waals surface area contributed by atoms with Crippen LogP contribution in [-0.4, -0.2) is 25.6 Å². The Morgan fingerprint density at radius 2 is 1.65 bits per heavy atom. The number of nitro groups is 1. The molecule has 5 rings (SSSR count). The predicted molar refractivity (Wildman–Crippen MR) is 144 cm³/mol. The van der Waals surface area contributed by atoms with Crippen LogP contribution in [0.2, 0.25) is 0 Å². The molecular weight excluding hydrogens is 486 g/mol. The van der Waals surface area contributed by atoms with E-state index in [0.717, 1.165) is 16.3 Å². The number of aromatic nitrogens is 3. The van der Waals surface area contributed by atoms with Crippen LogP contribution in [0.25, 0.3) is 16.5 Å². The second kappa shape index (κ2) is 10.6. The Hall–Kier alpha value is -4.50. The van der Waals surface area contributed by atoms with Crippen LogP contribution in [0.3, 0.4) is 0 Å². The minimum Gasteiger partial charge on any atom is -0.342 e. The fourth-order valence-corrected chi connectivity index (χ4v) is 5.02. The number of carbonyl (C=O) groups is 1. The van der Waals surface area contributed by atoms with Gasteiger partial charge in [0.15, 0.2) is 11.0 Å². The van der Waals surface area contributed by atoms with Crippen molar-refractivity contribution in [1.29, 1.82) is 0 Å². The van der Waals surface area contributed by atoms with E-state index in [0.29, 0.717) is 28.0 Å². The quantitative estimate of drug-likeness (QED) is 0.154. The third-order valence-corrected chi connectivity index (χ3v) is 6.96. The highest BCUT2D eigenvalue weighted by atomic mass is 32.2. The number of non-ortho nitro benzene ring substituents is 1. The SMILES string of the molecule is CC(NC(=O)c1cccc2ccccc12)c1nnc(SCc2ccccc2)n1-c1ccc([N+](=O)[O-])cc1. The molecule has 1 amide bonds. The van der Waals surface area contributed by atoms with Crippen molar-refractivity contribution in [2.45, 2.75) is 23.9 Å². The van der Waals surface area contributed by atoms with Crippen LogP contribution in [0.4, 0.5) is 5.69 Å². The van der Waals surface area contributed by atoms with Gasteiger partial charge in [0.25, 0.3) is 11.6 Å². The number of hydrogen-bond donors (Lipinski definition) is 1. The Bertz CT molecular complexity index is 1560. The zero-order valence-electron chi connectivity index (χ0n) is 19.9. The second-order valence-electron chi connectivity index (χ2n) is 8.45. The molecule has 8 nitrogen and oxygen atoms in total. The topological polar surface area (TPSA) is 103 Å². The van der Waals surface area contributed by atoms with E-state index in [4.69, 9.17) is 0 Å². The van der Waals surface area contributed by atoms with Crippen LogP contribution in [0, 0.1) is 10.1 Å². The van der Waals surface area contributed by atoms with Gasteiger partial charge in [0.1, 0.15) is 0 Å². The monoisotopic (exact) mass is 509 g/mol. The standard InChI is InChI=1S/C28H23N5O3S/c1-19(29-27(34)25-13-7-11-21-10-5-6-12-24(21)25)26-30-31-28(37-18-20-8-3-2-4-9-20)32(26)22-14-16-23(17-15-22)33(35)36/h2-17,19H,18H2,1H3,(H,29,34). The van der Waals surface area contributed by atoms with Gasteiger partial charge in [-0.2, -0.15) is 0 Å². The zero-order valence-corrected chi connectivity index (χ0v) is 20.8. The number of nitrogens with zero attached hydrogens (tertiary/aromatic N) is 4. The molecule has 5 aromatic rings. The van der Waals surface area contributed by atoms with Gasteiger partial charge < -0.3 is 5.32 Å². The number of amides is 1. The maximum absolute atomic E-state index is 13.3. The molecule has 0 fully saturated rings. The van der Waals surface area contributed by atoms with Crippen LogP contribution in [-0.2, 0) is 5.75 Å². The lowest BCUT2D eigenvalue weighted by Gasteiger charge is -2.17. The van der Waals surface area contributed by atoms with Gasteiger partial charge in [0, 0.05) is 29.1 Å². The summed E-state index contributed by atoms with van der Waals surface area (Å²) in [6.07, 6.45) is 0. The Kier molecular flexibility index (Phi) is 6.96. The maximum atomic E-state index is 13.3. The van der Waals surface area contributed by atoms with Crippen molar-refractivity contribution >= 4 is 34.1 Å². The maximum Gasteiger partial charge on any atom is 0.269 e. The Balaban J connectivity index is 1.47. The lowest BCUT2D eigenvalue weighted by Crippen LogP contribution is -2.28. The van der Waals surface area contributed by atoms with E-state index < -0.39 is 11.0 Å². The van der Waals surface area contributed by atoms with Crippen LogP contribution in [0.15, 0.2) is 102 Å². The van der Waals surface area contributed by atoms with E-state index in [1.54, 1.807) is 18.2 Å². The molecule has 0 spiro atoms. The summed E-state index contributed by atoms with van der Waals surface area (Å²) in [6.45, 7) is 1.85. The van der Waals surface area contributed by atoms with E-state index in [2.05, 4.69) is 15.5 Å². The molecule has 1 aromatic heterocycles. The summed E-state index contributed by atoms with van der Waals surface area (Å²) in [6, 6.07) is 29.1. The summed E-state index contributed by atoms with van der Waals surface area (Å²) in [5.41, 5.74) is 2.37. The summed E-state index contributed by atoms with van der Waals surface area (Å²) in [7, 11) is 0. The number of nitro benzene ring substituents is 1. The zero-order chi connectivity index (χ0) is 25.8. The molecule has 4 aromatic carbocycles. The van der Waals surface area contributed by atoms with Crippen LogP contribution < -0.4 is 5.32 Å². The minimum atomic E-state index is -0.486. The lowest BCUT2D eigenvalue weighted by atomic mass is 10.0. The van der Waals surface area contributed by atoms with E-state index in [1.165, 1.54) is 23.9 Å². The number of carbonyl (C=O) groups excluding carboxylic acids is 1. The Morgan fingerprint density at radius 1 is 0.946 bits per heavy atom. The highest BCUT2D eigenvalue weighted by Crippen LogP contribution is 2.29. The number of rotatable bonds is 8. The molecule has 0 aliphatic rings. The van der Waals surface area contributed by atoms with E-state index in [9.17, 15) is 14.9 Å². The van der Waals surface area contributed by atoms with Crippen LogP contribution in [0.5, 0.6) is 0 Å². The van der Waals surface area contributed by atoms with Crippen LogP contribution >= 0.6 is 11.8 Å². The smallest absolute Gasteiger partial charge is 0.269 e. The Morgan fingerprint density at radius 3 is 2.41 bits per heavy atom. The van der Waals surface area contributed by atoms with E-state index in [-0.39, 0.29) is 11.6 Å². The molecule has 1 heterocycles. The molecule has 1 unspecified atom stereocenters. The largest absolute Gasteiger partial charge is 0.342 e. The molecule has 184 valence electrons. The number of thioether (sulfide) groups is 1. The third-order valence-electron chi connectivity index (χ3n) is 5.96. The minimum absolute atomic E-state index is 0.00540. The first-order valence-corrected chi connectivity index (χ1v) is 12.7. The highest BCUT2D eigenvalue weighted by Gasteiger charge is 2.23. The van der Waals surface area contributed by atoms with E-state index >= 15 is 0 Å². The summed E-state index contributed by atoms with van der Waals surface area (Å²) >= 11 is 1.50. The first-order valence-electron chi connectivity index (χ1n) is 11.7. The van der Waals surface area contributed by atoms with Gasteiger partial charge in [-0.1, -0.05) is 78.5 Å². The molecule has 1 atom stereocenters. The number of nitrogens with one attached hydrogen (secondary N) is 1. The van der Waals surface area contributed by atoms with Crippen molar-refractivity contribution in [1.82, 2.24) is 20.1 Å². The molecule has 0 radical (unpaired) electrons. The first kappa shape index (κ1) is 24.2. The van der Waals surface area contributed by atoms with Gasteiger partial charge in [-0.15, -0.1) is 10.2 Å². The Labute approximate surface area is 217 Å². The van der Waals surface area contributed by atoms with Gasteiger partial charge in [-0.05, 0) is 41.5 Å². The van der Waals surface area contributed by atoms with Crippen molar-refractivity contribution in [3.63, 3.8) is 0 Å². The van der Waals surface area contributed by atoms with Crippen molar-refractivity contribution < 1.29 is 9.72 Å². The lowest BCUT2D eigenvalue weighted by molar-refractivity contribution is -0.384. The molecule has 0 aliphatic heterocycles. The van der Waals surface area contributed by atoms with Crippen molar-refractivity contribution in [2.24, 2.45) is 0 Å². The second-order valence-corrected chi connectivity index (χ2v) is 9.39. The summed E-state index contributed by atoms with van der Waals surface area (Å²) in [5, 5.41) is 25.5. The summed E-state index contributed by atoms with van der Waals surface area (Å²) in [5.74, 6) is 0.974.